The van der Waals surface area contributed by atoms with E-state index in [0.717, 1.165) is 18.4 Å². The lowest BCUT2D eigenvalue weighted by atomic mass is 10.1. The second-order valence-corrected chi connectivity index (χ2v) is 8.93. The number of phenolic OH excluding ortho intramolecular Hbond substituents is 1. The highest BCUT2D eigenvalue weighted by Crippen LogP contribution is 2.45. The van der Waals surface area contributed by atoms with E-state index in [9.17, 15) is 19.5 Å². The van der Waals surface area contributed by atoms with Gasteiger partial charge in [0.15, 0.2) is 0 Å². The number of anilines is 1. The van der Waals surface area contributed by atoms with E-state index in [2.05, 4.69) is 22.5 Å². The summed E-state index contributed by atoms with van der Waals surface area (Å²) in [5.41, 5.74) is 1.47. The normalized spacial score (nSPS) is 21.0. The van der Waals surface area contributed by atoms with Gasteiger partial charge < -0.3 is 30.9 Å². The zero-order chi connectivity index (χ0) is 22.8. The molecule has 0 aromatic heterocycles. The van der Waals surface area contributed by atoms with Gasteiger partial charge in [-0.3, -0.25) is 14.4 Å². The number of benzene rings is 1. The van der Waals surface area contributed by atoms with Gasteiger partial charge in [0.2, 0.25) is 17.7 Å². The third-order valence-electron chi connectivity index (χ3n) is 6.12. The highest BCUT2D eigenvalue weighted by molar-refractivity contribution is 6.31. The van der Waals surface area contributed by atoms with E-state index < -0.39 is 6.04 Å². The third-order valence-corrected chi connectivity index (χ3v) is 6.45. The van der Waals surface area contributed by atoms with Crippen LogP contribution in [0.15, 0.2) is 24.8 Å². The van der Waals surface area contributed by atoms with Crippen LogP contribution in [0.2, 0.25) is 5.02 Å². The zero-order valence-electron chi connectivity index (χ0n) is 17.8. The summed E-state index contributed by atoms with van der Waals surface area (Å²) in [6.45, 7) is 5.65. The lowest BCUT2D eigenvalue weighted by Crippen LogP contribution is -2.65. The van der Waals surface area contributed by atoms with Crippen molar-refractivity contribution in [3.05, 3.63) is 35.4 Å². The van der Waals surface area contributed by atoms with Gasteiger partial charge in [0.25, 0.3) is 0 Å². The van der Waals surface area contributed by atoms with Crippen molar-refractivity contribution < 1.29 is 19.5 Å². The molecule has 0 bridgehead atoms. The zero-order valence-corrected chi connectivity index (χ0v) is 18.5. The number of rotatable bonds is 7. The molecule has 172 valence electrons. The highest BCUT2D eigenvalue weighted by atomic mass is 35.5. The Morgan fingerprint density at radius 2 is 1.97 bits per heavy atom. The van der Waals surface area contributed by atoms with Crippen LogP contribution in [0, 0.1) is 0 Å². The summed E-state index contributed by atoms with van der Waals surface area (Å²) < 4.78 is 0. The number of hydrogen-bond donors (Lipinski definition) is 4. The van der Waals surface area contributed by atoms with Gasteiger partial charge in [-0.25, -0.2) is 0 Å². The molecule has 2 saturated heterocycles. The molecule has 3 amide bonds. The fraction of sp³-hybridized carbons (Fsp3) is 0.500. The quantitative estimate of drug-likeness (QED) is 0.350. The monoisotopic (exact) mass is 461 g/mol. The molecule has 1 atom stereocenters. The molecule has 3 fully saturated rings. The standard InChI is InChI=1S/C22H28ClN5O4/c1-2-20(30)28-10-14(11-28)26-22(32)18-12-27(6-5-24-18)21(31)9-25-17-7-15(13-3-4-13)16(23)8-19(17)29/h2,7-8,13-14,18,24-25,29H,1,3-6,9-12H2,(H,26,32). The summed E-state index contributed by atoms with van der Waals surface area (Å²) in [6, 6.07) is 2.73. The first-order chi connectivity index (χ1) is 15.4. The summed E-state index contributed by atoms with van der Waals surface area (Å²) in [7, 11) is 0. The van der Waals surface area contributed by atoms with Gasteiger partial charge >= 0.3 is 0 Å². The van der Waals surface area contributed by atoms with Gasteiger partial charge in [0.05, 0.1) is 18.3 Å². The van der Waals surface area contributed by atoms with Crippen molar-refractivity contribution >= 4 is 35.0 Å². The average Bonchev–Trinajstić information content (AvgIpc) is 3.59. The number of phenols is 1. The minimum atomic E-state index is -0.512. The van der Waals surface area contributed by atoms with Crippen LogP contribution in [0.5, 0.6) is 5.75 Å². The molecule has 32 heavy (non-hydrogen) atoms. The van der Waals surface area contributed by atoms with Gasteiger partial charge in [-0.1, -0.05) is 18.2 Å². The number of halogens is 1. The van der Waals surface area contributed by atoms with Crippen LogP contribution in [-0.2, 0) is 14.4 Å². The van der Waals surface area contributed by atoms with Crippen molar-refractivity contribution in [2.75, 3.05) is 44.6 Å². The summed E-state index contributed by atoms with van der Waals surface area (Å²) >= 11 is 6.22. The molecular weight excluding hydrogens is 434 g/mol. The minimum absolute atomic E-state index is 0.00856. The van der Waals surface area contributed by atoms with E-state index >= 15 is 0 Å². The number of nitrogens with one attached hydrogen (secondary N) is 3. The number of aromatic hydroxyl groups is 1. The molecule has 4 rings (SSSR count). The number of nitrogens with zero attached hydrogens (tertiary/aromatic N) is 2. The van der Waals surface area contributed by atoms with Gasteiger partial charge in [-0.2, -0.15) is 0 Å². The molecular formula is C22H28ClN5O4. The SMILES string of the molecule is C=CC(=O)N1CC(NC(=O)C2CN(C(=O)CNc3cc(C4CC4)c(Cl)cc3O)CCN2)C1. The Kier molecular flexibility index (Phi) is 6.57. The van der Waals surface area contributed by atoms with Gasteiger partial charge in [0, 0.05) is 43.8 Å². The molecule has 4 N–H and O–H groups in total. The molecule has 2 aliphatic heterocycles. The Morgan fingerprint density at radius 1 is 1.22 bits per heavy atom. The molecule has 0 radical (unpaired) electrons. The molecule has 3 aliphatic rings. The third kappa shape index (κ3) is 4.99. The fourth-order valence-corrected chi connectivity index (χ4v) is 4.36. The molecule has 1 aliphatic carbocycles. The van der Waals surface area contributed by atoms with Crippen LogP contribution < -0.4 is 16.0 Å². The molecule has 9 nitrogen and oxygen atoms in total. The summed E-state index contributed by atoms with van der Waals surface area (Å²) in [4.78, 5) is 40.1. The molecule has 1 aromatic rings. The Hall–Kier alpha value is -2.78. The van der Waals surface area contributed by atoms with Gasteiger partial charge in [-0.15, -0.1) is 0 Å². The topological polar surface area (TPSA) is 114 Å². The Morgan fingerprint density at radius 3 is 2.66 bits per heavy atom. The van der Waals surface area contributed by atoms with Crippen LogP contribution in [0.1, 0.15) is 24.3 Å². The van der Waals surface area contributed by atoms with Crippen molar-refractivity contribution in [3.8, 4) is 5.75 Å². The van der Waals surface area contributed by atoms with Crippen LogP contribution in [0.4, 0.5) is 5.69 Å². The number of carbonyl (C=O) groups excluding carboxylic acids is 3. The predicted octanol–water partition coefficient (Wildman–Crippen LogP) is 0.648. The molecule has 2 heterocycles. The first-order valence-corrected chi connectivity index (χ1v) is 11.2. The highest BCUT2D eigenvalue weighted by Gasteiger charge is 2.34. The first-order valence-electron chi connectivity index (χ1n) is 10.8. The van der Waals surface area contributed by atoms with Crippen molar-refractivity contribution in [3.63, 3.8) is 0 Å². The average molecular weight is 462 g/mol. The summed E-state index contributed by atoms with van der Waals surface area (Å²) in [6.07, 6.45) is 3.42. The largest absolute Gasteiger partial charge is 0.506 e. The van der Waals surface area contributed by atoms with Crippen molar-refractivity contribution in [1.29, 1.82) is 0 Å². The van der Waals surface area contributed by atoms with E-state index in [1.807, 2.05) is 6.07 Å². The van der Waals surface area contributed by atoms with E-state index in [1.54, 1.807) is 9.80 Å². The smallest absolute Gasteiger partial charge is 0.246 e. The van der Waals surface area contributed by atoms with E-state index in [0.29, 0.717) is 42.8 Å². The van der Waals surface area contributed by atoms with Crippen LogP contribution in [0.3, 0.4) is 0 Å². The molecule has 1 saturated carbocycles. The second-order valence-electron chi connectivity index (χ2n) is 8.52. The Bertz CT molecular complexity index is 929. The fourth-order valence-electron chi connectivity index (χ4n) is 4.04. The summed E-state index contributed by atoms with van der Waals surface area (Å²) in [5, 5.41) is 19.8. The predicted molar refractivity (Wildman–Crippen MR) is 121 cm³/mol. The maximum absolute atomic E-state index is 12.7. The van der Waals surface area contributed by atoms with Crippen LogP contribution in [-0.4, -0.2) is 84.0 Å². The first kappa shape index (κ1) is 22.4. The maximum atomic E-state index is 12.7. The van der Waals surface area contributed by atoms with Crippen molar-refractivity contribution in [2.45, 2.75) is 30.8 Å². The van der Waals surface area contributed by atoms with E-state index in [-0.39, 0.29) is 42.6 Å². The van der Waals surface area contributed by atoms with E-state index in [1.165, 1.54) is 12.1 Å². The molecule has 1 unspecified atom stereocenters. The molecule has 1 aromatic carbocycles. The van der Waals surface area contributed by atoms with E-state index in [4.69, 9.17) is 11.6 Å². The molecule has 0 spiro atoms. The second kappa shape index (κ2) is 9.38. The van der Waals surface area contributed by atoms with Crippen LogP contribution in [0.25, 0.3) is 0 Å². The maximum Gasteiger partial charge on any atom is 0.246 e. The van der Waals surface area contributed by atoms with Crippen molar-refractivity contribution in [1.82, 2.24) is 20.4 Å². The number of likely N-dealkylation sites (tertiary alicyclic amines) is 1. The van der Waals surface area contributed by atoms with Crippen LogP contribution >= 0.6 is 11.6 Å². The lowest BCUT2D eigenvalue weighted by molar-refractivity contribution is -0.136. The van der Waals surface area contributed by atoms with Crippen molar-refractivity contribution in [2.24, 2.45) is 0 Å². The van der Waals surface area contributed by atoms with Gasteiger partial charge in [-0.05, 0) is 36.5 Å². The number of hydrogen-bond acceptors (Lipinski definition) is 6. The molecule has 10 heteroatoms. The lowest BCUT2D eigenvalue weighted by Gasteiger charge is -2.40. The number of amides is 3. The Balaban J connectivity index is 1.27. The minimum Gasteiger partial charge on any atom is -0.506 e. The Labute approximate surface area is 191 Å². The number of carbonyl (C=O) groups is 3. The van der Waals surface area contributed by atoms with Gasteiger partial charge in [0.1, 0.15) is 11.8 Å². The summed E-state index contributed by atoms with van der Waals surface area (Å²) in [5.74, 6) is -0.0567. The number of piperazine rings is 1.